The third-order valence-electron chi connectivity index (χ3n) is 3.76. The van der Waals surface area contributed by atoms with E-state index >= 15 is 0 Å². The molecule has 0 aromatic rings. The van der Waals surface area contributed by atoms with E-state index in [1.807, 2.05) is 0 Å². The van der Waals surface area contributed by atoms with E-state index in [4.69, 9.17) is 5.11 Å². The van der Waals surface area contributed by atoms with Crippen molar-refractivity contribution in [3.05, 3.63) is 0 Å². The van der Waals surface area contributed by atoms with Gasteiger partial charge in [0.15, 0.2) is 0 Å². The molecule has 0 saturated heterocycles. The Labute approximate surface area is 115 Å². The molecule has 0 aliphatic heterocycles. The predicted molar refractivity (Wildman–Crippen MR) is 66.0 cm³/mol. The number of rotatable bonds is 5. The van der Waals surface area contributed by atoms with Crippen LogP contribution < -0.4 is 0 Å². The number of amides is 1. The highest BCUT2D eigenvalue weighted by Crippen LogP contribution is 2.42. The minimum atomic E-state index is -4.34. The molecule has 0 spiro atoms. The molecular formula is C13H20F3NO3. The van der Waals surface area contributed by atoms with Crippen molar-refractivity contribution in [2.24, 2.45) is 11.8 Å². The van der Waals surface area contributed by atoms with Crippen LogP contribution in [0.4, 0.5) is 13.2 Å². The van der Waals surface area contributed by atoms with Crippen molar-refractivity contribution in [2.45, 2.75) is 44.7 Å². The van der Waals surface area contributed by atoms with Crippen LogP contribution in [0.15, 0.2) is 0 Å². The molecule has 2 atom stereocenters. The Bertz CT molecular complexity index is 357. The Balaban J connectivity index is 2.60. The second-order valence-corrected chi connectivity index (χ2v) is 5.30. The zero-order chi connectivity index (χ0) is 15.3. The largest absolute Gasteiger partial charge is 0.481 e. The normalized spacial score (nSPS) is 23.4. The fourth-order valence-corrected chi connectivity index (χ4v) is 2.68. The summed E-state index contributed by atoms with van der Waals surface area (Å²) in [5, 5.41) is 8.51. The van der Waals surface area contributed by atoms with Gasteiger partial charge in [-0.25, -0.2) is 0 Å². The van der Waals surface area contributed by atoms with Gasteiger partial charge in [-0.05, 0) is 19.3 Å². The number of alkyl halides is 3. The third-order valence-corrected chi connectivity index (χ3v) is 3.76. The third kappa shape index (κ3) is 4.68. The first-order valence-electron chi connectivity index (χ1n) is 6.77. The first-order valence-corrected chi connectivity index (χ1v) is 6.77. The van der Waals surface area contributed by atoms with Gasteiger partial charge in [0.05, 0.1) is 5.92 Å². The van der Waals surface area contributed by atoms with Gasteiger partial charge in [0.2, 0.25) is 5.91 Å². The van der Waals surface area contributed by atoms with Crippen LogP contribution >= 0.6 is 0 Å². The van der Waals surface area contributed by atoms with Crippen molar-refractivity contribution >= 4 is 11.9 Å². The maximum atomic E-state index is 12.9. The maximum absolute atomic E-state index is 12.9. The van der Waals surface area contributed by atoms with Crippen LogP contribution in [-0.2, 0) is 9.59 Å². The summed E-state index contributed by atoms with van der Waals surface area (Å²) >= 11 is 0. The standard InChI is InChI=1S/C13H20F3NO3/c1-17(8-4-7-11(18)19)12(20)9-5-2-3-6-10(9)13(14,15)16/h9-10H,2-8H2,1H3,(H,18,19). The second kappa shape index (κ2) is 6.95. The Morgan fingerprint density at radius 3 is 2.40 bits per heavy atom. The number of carboxylic acid groups (broad SMARTS) is 1. The lowest BCUT2D eigenvalue weighted by Crippen LogP contribution is -2.43. The highest BCUT2D eigenvalue weighted by atomic mass is 19.4. The summed E-state index contributed by atoms with van der Waals surface area (Å²) in [5.41, 5.74) is 0. The molecule has 0 aromatic carbocycles. The lowest BCUT2D eigenvalue weighted by molar-refractivity contribution is -0.200. The van der Waals surface area contributed by atoms with Crippen LogP contribution in [0, 0.1) is 11.8 Å². The van der Waals surface area contributed by atoms with Crippen LogP contribution in [0.1, 0.15) is 38.5 Å². The molecule has 1 N–H and O–H groups in total. The van der Waals surface area contributed by atoms with Crippen molar-refractivity contribution < 1.29 is 27.9 Å². The van der Waals surface area contributed by atoms with Crippen molar-refractivity contribution in [3.8, 4) is 0 Å². The number of aliphatic carboxylic acids is 1. The first kappa shape index (κ1) is 16.8. The van der Waals surface area contributed by atoms with E-state index in [9.17, 15) is 22.8 Å². The van der Waals surface area contributed by atoms with Crippen molar-refractivity contribution in [3.63, 3.8) is 0 Å². The van der Waals surface area contributed by atoms with Gasteiger partial charge in [0.1, 0.15) is 0 Å². The molecule has 1 rings (SSSR count). The average molecular weight is 295 g/mol. The average Bonchev–Trinajstić information content (AvgIpc) is 2.36. The fourth-order valence-electron chi connectivity index (χ4n) is 2.68. The summed E-state index contributed by atoms with van der Waals surface area (Å²) < 4.78 is 38.8. The summed E-state index contributed by atoms with van der Waals surface area (Å²) in [6.45, 7) is 0.173. The zero-order valence-electron chi connectivity index (χ0n) is 11.4. The number of halogens is 3. The molecule has 1 fully saturated rings. The SMILES string of the molecule is CN(CCCC(=O)O)C(=O)C1CCCCC1C(F)(F)F. The molecule has 1 aliphatic carbocycles. The van der Waals surface area contributed by atoms with E-state index in [-0.39, 0.29) is 32.2 Å². The molecule has 20 heavy (non-hydrogen) atoms. The molecule has 0 heterocycles. The molecule has 1 saturated carbocycles. The Kier molecular flexibility index (Phi) is 5.83. The zero-order valence-corrected chi connectivity index (χ0v) is 11.4. The van der Waals surface area contributed by atoms with Gasteiger partial charge in [-0.15, -0.1) is 0 Å². The van der Waals surface area contributed by atoms with E-state index in [2.05, 4.69) is 0 Å². The van der Waals surface area contributed by atoms with Crippen LogP contribution in [0.5, 0.6) is 0 Å². The molecule has 1 aliphatic rings. The molecule has 4 nitrogen and oxygen atoms in total. The van der Waals surface area contributed by atoms with E-state index in [0.29, 0.717) is 12.8 Å². The monoisotopic (exact) mass is 295 g/mol. The maximum Gasteiger partial charge on any atom is 0.392 e. The fraction of sp³-hybridized carbons (Fsp3) is 0.846. The summed E-state index contributed by atoms with van der Waals surface area (Å²) in [7, 11) is 1.44. The lowest BCUT2D eigenvalue weighted by Gasteiger charge is -2.34. The number of carbonyl (C=O) groups is 2. The number of hydrogen-bond donors (Lipinski definition) is 1. The summed E-state index contributed by atoms with van der Waals surface area (Å²) in [5.74, 6) is -4.07. The van der Waals surface area contributed by atoms with Gasteiger partial charge in [-0.2, -0.15) is 13.2 Å². The predicted octanol–water partition coefficient (Wildman–Crippen LogP) is 2.68. The quantitative estimate of drug-likeness (QED) is 0.848. The van der Waals surface area contributed by atoms with Crippen LogP contribution in [0.25, 0.3) is 0 Å². The topological polar surface area (TPSA) is 57.6 Å². The molecule has 2 unspecified atom stereocenters. The highest BCUT2D eigenvalue weighted by Gasteiger charge is 2.48. The summed E-state index contributed by atoms with van der Waals surface area (Å²) in [6.07, 6.45) is -2.80. The lowest BCUT2D eigenvalue weighted by atomic mass is 9.78. The number of nitrogens with zero attached hydrogens (tertiary/aromatic N) is 1. The van der Waals surface area contributed by atoms with E-state index in [1.54, 1.807) is 0 Å². The minimum absolute atomic E-state index is 0.00285. The van der Waals surface area contributed by atoms with Crippen molar-refractivity contribution in [1.29, 1.82) is 0 Å². The van der Waals surface area contributed by atoms with Crippen LogP contribution in [0.2, 0.25) is 0 Å². The molecule has 0 radical (unpaired) electrons. The van der Waals surface area contributed by atoms with Gasteiger partial charge in [0, 0.05) is 25.9 Å². The van der Waals surface area contributed by atoms with Crippen molar-refractivity contribution in [2.75, 3.05) is 13.6 Å². The molecule has 0 aromatic heterocycles. The van der Waals surface area contributed by atoms with E-state index in [0.717, 1.165) is 0 Å². The van der Waals surface area contributed by atoms with Crippen molar-refractivity contribution in [1.82, 2.24) is 4.90 Å². The van der Waals surface area contributed by atoms with Crippen LogP contribution in [0.3, 0.4) is 0 Å². The Morgan fingerprint density at radius 1 is 1.25 bits per heavy atom. The summed E-state index contributed by atoms with van der Waals surface area (Å²) in [6, 6.07) is 0. The Hall–Kier alpha value is -1.27. The van der Waals surface area contributed by atoms with Gasteiger partial charge >= 0.3 is 12.1 Å². The minimum Gasteiger partial charge on any atom is -0.481 e. The van der Waals surface area contributed by atoms with E-state index in [1.165, 1.54) is 11.9 Å². The molecule has 7 heteroatoms. The second-order valence-electron chi connectivity index (χ2n) is 5.30. The molecule has 1 amide bonds. The van der Waals surface area contributed by atoms with Crippen LogP contribution in [-0.4, -0.2) is 41.7 Å². The van der Waals surface area contributed by atoms with Gasteiger partial charge in [-0.1, -0.05) is 12.8 Å². The van der Waals surface area contributed by atoms with Gasteiger partial charge in [0.25, 0.3) is 0 Å². The number of carboxylic acids is 1. The van der Waals surface area contributed by atoms with Gasteiger partial charge in [-0.3, -0.25) is 9.59 Å². The summed E-state index contributed by atoms with van der Waals surface area (Å²) in [4.78, 5) is 23.7. The smallest absolute Gasteiger partial charge is 0.392 e. The Morgan fingerprint density at radius 2 is 1.85 bits per heavy atom. The van der Waals surface area contributed by atoms with E-state index < -0.39 is 29.9 Å². The number of carbonyl (C=O) groups excluding carboxylic acids is 1. The first-order chi connectivity index (χ1) is 9.23. The van der Waals surface area contributed by atoms with Gasteiger partial charge < -0.3 is 10.0 Å². The molecular weight excluding hydrogens is 275 g/mol. The molecule has 116 valence electrons. The number of hydrogen-bond acceptors (Lipinski definition) is 2. The highest BCUT2D eigenvalue weighted by molar-refractivity contribution is 5.79. The molecule has 0 bridgehead atoms.